The number of hydrogen-bond acceptors (Lipinski definition) is 2. The highest BCUT2D eigenvalue weighted by Crippen LogP contribution is 2.19. The number of nitrogens with one attached hydrogen (secondary N) is 1. The van der Waals surface area contributed by atoms with Gasteiger partial charge in [0.1, 0.15) is 5.82 Å². The first-order valence-electron chi connectivity index (χ1n) is 8.88. The molecular formula is C20H26FN3O. The Morgan fingerprint density at radius 3 is 2.68 bits per heavy atom. The number of piperidine rings is 1. The van der Waals surface area contributed by atoms with E-state index < -0.39 is 0 Å². The number of amides is 1. The largest absolute Gasteiger partial charge is 0.353 e. The summed E-state index contributed by atoms with van der Waals surface area (Å²) in [6.45, 7) is 4.92. The smallest absolute Gasteiger partial charge is 0.223 e. The van der Waals surface area contributed by atoms with Crippen molar-refractivity contribution in [2.45, 2.75) is 32.9 Å². The highest BCUT2D eigenvalue weighted by Gasteiger charge is 2.25. The van der Waals surface area contributed by atoms with Crippen LogP contribution in [0.15, 0.2) is 36.5 Å². The number of rotatable bonds is 5. The van der Waals surface area contributed by atoms with Gasteiger partial charge in [-0.1, -0.05) is 12.1 Å². The van der Waals surface area contributed by atoms with Crippen LogP contribution in [-0.2, 0) is 24.9 Å². The summed E-state index contributed by atoms with van der Waals surface area (Å²) >= 11 is 0. The molecule has 2 heterocycles. The van der Waals surface area contributed by atoms with E-state index in [1.165, 1.54) is 11.8 Å². The third-order valence-corrected chi connectivity index (χ3v) is 5.10. The first-order valence-corrected chi connectivity index (χ1v) is 8.88. The molecule has 1 aliphatic heterocycles. The third-order valence-electron chi connectivity index (χ3n) is 5.10. The van der Waals surface area contributed by atoms with Gasteiger partial charge < -0.3 is 9.88 Å². The van der Waals surface area contributed by atoms with Crippen LogP contribution in [0.25, 0.3) is 0 Å². The lowest BCUT2D eigenvalue weighted by atomic mass is 9.95. The predicted molar refractivity (Wildman–Crippen MR) is 96.4 cm³/mol. The van der Waals surface area contributed by atoms with Gasteiger partial charge in [-0.3, -0.25) is 9.69 Å². The van der Waals surface area contributed by atoms with Crippen molar-refractivity contribution in [2.75, 3.05) is 13.1 Å². The van der Waals surface area contributed by atoms with Gasteiger partial charge >= 0.3 is 0 Å². The molecule has 0 radical (unpaired) electrons. The van der Waals surface area contributed by atoms with E-state index in [1.807, 2.05) is 6.07 Å². The Morgan fingerprint density at radius 1 is 1.28 bits per heavy atom. The number of aryl methyl sites for hydroxylation is 2. The number of likely N-dealkylation sites (tertiary alicyclic amines) is 1. The van der Waals surface area contributed by atoms with Crippen LogP contribution in [0.1, 0.15) is 29.7 Å². The molecule has 1 saturated heterocycles. The van der Waals surface area contributed by atoms with Crippen molar-refractivity contribution in [2.24, 2.45) is 13.0 Å². The molecular weight excluding hydrogens is 317 g/mol. The van der Waals surface area contributed by atoms with Gasteiger partial charge in [0.2, 0.25) is 5.91 Å². The first-order chi connectivity index (χ1) is 12.0. The van der Waals surface area contributed by atoms with Crippen LogP contribution in [0.5, 0.6) is 0 Å². The van der Waals surface area contributed by atoms with E-state index in [0.717, 1.165) is 38.0 Å². The molecule has 1 aromatic carbocycles. The quantitative estimate of drug-likeness (QED) is 0.906. The van der Waals surface area contributed by atoms with Crippen molar-refractivity contribution in [3.05, 3.63) is 59.2 Å². The fraction of sp³-hybridized carbons (Fsp3) is 0.450. The zero-order valence-corrected chi connectivity index (χ0v) is 15.0. The Labute approximate surface area is 148 Å². The van der Waals surface area contributed by atoms with E-state index in [2.05, 4.69) is 40.2 Å². The van der Waals surface area contributed by atoms with Crippen molar-refractivity contribution in [1.82, 2.24) is 14.8 Å². The van der Waals surface area contributed by atoms with Gasteiger partial charge in [-0.15, -0.1) is 0 Å². The zero-order chi connectivity index (χ0) is 17.8. The normalized spacial score (nSPS) is 16.1. The Kier molecular flexibility index (Phi) is 5.53. The summed E-state index contributed by atoms with van der Waals surface area (Å²) in [6, 6.07) is 9.31. The van der Waals surface area contributed by atoms with Crippen LogP contribution in [0.2, 0.25) is 0 Å². The minimum absolute atomic E-state index is 0.0555. The lowest BCUT2D eigenvalue weighted by Crippen LogP contribution is -2.40. The van der Waals surface area contributed by atoms with E-state index in [-0.39, 0.29) is 17.6 Å². The topological polar surface area (TPSA) is 37.3 Å². The molecule has 3 rings (SSSR count). The van der Waals surface area contributed by atoms with Gasteiger partial charge in [0.25, 0.3) is 0 Å². The Bertz CT molecular complexity index is 732. The fourth-order valence-corrected chi connectivity index (χ4v) is 3.32. The molecule has 1 N–H and O–H groups in total. The molecule has 2 aromatic rings. The van der Waals surface area contributed by atoms with Crippen LogP contribution in [-0.4, -0.2) is 28.5 Å². The monoisotopic (exact) mass is 343 g/mol. The fourth-order valence-electron chi connectivity index (χ4n) is 3.32. The van der Waals surface area contributed by atoms with E-state index in [1.54, 1.807) is 13.0 Å². The molecule has 1 aromatic heterocycles. The van der Waals surface area contributed by atoms with E-state index in [9.17, 15) is 9.18 Å². The molecule has 0 atom stereocenters. The average Bonchev–Trinajstić information content (AvgIpc) is 3.01. The van der Waals surface area contributed by atoms with Crippen molar-refractivity contribution >= 4 is 5.91 Å². The van der Waals surface area contributed by atoms with Gasteiger partial charge in [-0.2, -0.15) is 0 Å². The van der Waals surface area contributed by atoms with Gasteiger partial charge in [0, 0.05) is 37.9 Å². The molecule has 0 bridgehead atoms. The van der Waals surface area contributed by atoms with E-state index in [0.29, 0.717) is 12.1 Å². The Hall–Kier alpha value is -2.14. The molecule has 1 aliphatic rings. The third kappa shape index (κ3) is 4.48. The maximum absolute atomic E-state index is 13.6. The summed E-state index contributed by atoms with van der Waals surface area (Å²) in [6.07, 6.45) is 3.81. The first kappa shape index (κ1) is 17.7. The summed E-state index contributed by atoms with van der Waals surface area (Å²) in [4.78, 5) is 14.8. The van der Waals surface area contributed by atoms with Crippen LogP contribution in [0.4, 0.5) is 4.39 Å². The van der Waals surface area contributed by atoms with Gasteiger partial charge in [-0.25, -0.2) is 4.39 Å². The SMILES string of the molecule is Cc1ccc(CNC(=O)C2CCN(Cc3cccn3C)CC2)cc1F. The minimum Gasteiger partial charge on any atom is -0.353 e. The maximum atomic E-state index is 13.6. The molecule has 0 unspecified atom stereocenters. The number of nitrogens with zero attached hydrogens (tertiary/aromatic N) is 2. The maximum Gasteiger partial charge on any atom is 0.223 e. The summed E-state index contributed by atoms with van der Waals surface area (Å²) < 4.78 is 15.7. The van der Waals surface area contributed by atoms with Crippen molar-refractivity contribution in [3.63, 3.8) is 0 Å². The summed E-state index contributed by atoms with van der Waals surface area (Å²) in [7, 11) is 2.06. The van der Waals surface area contributed by atoms with Crippen molar-refractivity contribution in [1.29, 1.82) is 0 Å². The summed E-state index contributed by atoms with van der Waals surface area (Å²) in [5, 5.41) is 2.96. The summed E-state index contributed by atoms with van der Waals surface area (Å²) in [5.41, 5.74) is 2.72. The second kappa shape index (κ2) is 7.83. The molecule has 0 saturated carbocycles. The number of hydrogen-bond donors (Lipinski definition) is 1. The molecule has 0 aliphatic carbocycles. The standard InChI is InChI=1S/C20H26FN3O/c1-15-5-6-16(12-19(15)21)13-22-20(25)17-7-10-24(11-8-17)14-18-4-3-9-23(18)2/h3-6,9,12,17H,7-8,10-11,13-14H2,1-2H3,(H,22,25). The van der Waals surface area contributed by atoms with Crippen molar-refractivity contribution in [3.8, 4) is 0 Å². The average molecular weight is 343 g/mol. The lowest BCUT2D eigenvalue weighted by molar-refractivity contribution is -0.126. The summed E-state index contributed by atoms with van der Waals surface area (Å²) in [5.74, 6) is -0.0832. The van der Waals surface area contributed by atoms with Gasteiger partial charge in [-0.05, 0) is 62.2 Å². The van der Waals surface area contributed by atoms with Crippen molar-refractivity contribution < 1.29 is 9.18 Å². The number of carbonyl (C=O) groups excluding carboxylic acids is 1. The number of carbonyl (C=O) groups is 1. The van der Waals surface area contributed by atoms with E-state index in [4.69, 9.17) is 0 Å². The Balaban J connectivity index is 1.45. The zero-order valence-electron chi connectivity index (χ0n) is 15.0. The molecule has 0 spiro atoms. The number of halogens is 1. The molecule has 5 heteroatoms. The van der Waals surface area contributed by atoms with Crippen LogP contribution in [0.3, 0.4) is 0 Å². The van der Waals surface area contributed by atoms with Gasteiger partial charge in [0.15, 0.2) is 0 Å². The second-order valence-corrected chi connectivity index (χ2v) is 6.96. The van der Waals surface area contributed by atoms with Crippen LogP contribution >= 0.6 is 0 Å². The molecule has 1 fully saturated rings. The highest BCUT2D eigenvalue weighted by molar-refractivity contribution is 5.78. The predicted octanol–water partition coefficient (Wildman–Crippen LogP) is 3.00. The number of aromatic nitrogens is 1. The number of benzene rings is 1. The van der Waals surface area contributed by atoms with Crippen LogP contribution in [0, 0.1) is 18.7 Å². The molecule has 4 nitrogen and oxygen atoms in total. The lowest BCUT2D eigenvalue weighted by Gasteiger charge is -2.31. The van der Waals surface area contributed by atoms with Gasteiger partial charge in [0.05, 0.1) is 0 Å². The second-order valence-electron chi connectivity index (χ2n) is 6.96. The molecule has 1 amide bonds. The minimum atomic E-state index is -0.222. The molecule has 134 valence electrons. The Morgan fingerprint density at radius 2 is 2.04 bits per heavy atom. The van der Waals surface area contributed by atoms with Crippen LogP contribution < -0.4 is 5.32 Å². The van der Waals surface area contributed by atoms with E-state index >= 15 is 0 Å². The highest BCUT2D eigenvalue weighted by atomic mass is 19.1. The molecule has 25 heavy (non-hydrogen) atoms.